The first kappa shape index (κ1) is 18.5. The monoisotopic (exact) mass is 399 g/mol. The Morgan fingerprint density at radius 2 is 2.03 bits per heavy atom. The number of nitrogens with zero attached hydrogens (tertiary/aromatic N) is 1. The summed E-state index contributed by atoms with van der Waals surface area (Å²) in [5.74, 6) is 0.612. The van der Waals surface area contributed by atoms with Crippen LogP contribution in [0.25, 0.3) is 0 Å². The molecule has 1 unspecified atom stereocenters. The van der Waals surface area contributed by atoms with Crippen LogP contribution in [-0.4, -0.2) is 61.4 Å². The normalized spacial score (nSPS) is 36.1. The predicted molar refractivity (Wildman–Crippen MR) is 103 cm³/mol. The molecule has 1 aromatic rings. The zero-order valence-electron chi connectivity index (χ0n) is 17.1. The van der Waals surface area contributed by atoms with Crippen LogP contribution >= 0.6 is 0 Å². The lowest BCUT2D eigenvalue weighted by molar-refractivity contribution is -0.197. The van der Waals surface area contributed by atoms with Gasteiger partial charge in [-0.25, -0.2) is 0 Å². The number of carbonyl (C=O) groups is 2. The second-order valence-corrected chi connectivity index (χ2v) is 8.41. The van der Waals surface area contributed by atoms with E-state index >= 15 is 0 Å². The van der Waals surface area contributed by atoms with Gasteiger partial charge in [0, 0.05) is 19.4 Å². The number of likely N-dealkylation sites (N-methyl/N-ethyl adjacent to an activating group) is 1. The number of ether oxygens (including phenoxy) is 4. The van der Waals surface area contributed by atoms with Gasteiger partial charge in [-0.3, -0.25) is 14.5 Å². The maximum absolute atomic E-state index is 12.3. The summed E-state index contributed by atoms with van der Waals surface area (Å²) in [6, 6.07) is 3.96. The molecule has 2 aliphatic carbocycles. The molecule has 4 aliphatic rings. The van der Waals surface area contributed by atoms with E-state index in [1.807, 2.05) is 18.2 Å². The zero-order chi connectivity index (χ0) is 20.6. The molecule has 0 amide bonds. The van der Waals surface area contributed by atoms with Gasteiger partial charge in [-0.1, -0.05) is 6.07 Å². The van der Waals surface area contributed by atoms with Crippen molar-refractivity contribution in [2.75, 3.05) is 20.7 Å². The first-order valence-corrected chi connectivity index (χ1v) is 9.97. The van der Waals surface area contributed by atoms with E-state index in [1.165, 1.54) is 19.4 Å². The summed E-state index contributed by atoms with van der Waals surface area (Å²) in [7, 11) is 3.68. The smallest absolute Gasteiger partial charge is 0.303 e. The average Bonchev–Trinajstić information content (AvgIpc) is 3.01. The van der Waals surface area contributed by atoms with Crippen molar-refractivity contribution < 1.29 is 28.5 Å². The van der Waals surface area contributed by atoms with Crippen LogP contribution in [-0.2, 0) is 30.9 Å². The molecule has 7 nitrogen and oxygen atoms in total. The number of esters is 2. The Kier molecular flexibility index (Phi) is 3.81. The van der Waals surface area contributed by atoms with E-state index in [-0.39, 0.29) is 18.0 Å². The summed E-state index contributed by atoms with van der Waals surface area (Å²) >= 11 is 0. The predicted octanol–water partition coefficient (Wildman–Crippen LogP) is 1.76. The summed E-state index contributed by atoms with van der Waals surface area (Å²) in [5, 5.41) is 0. The average molecular weight is 399 g/mol. The summed E-state index contributed by atoms with van der Waals surface area (Å²) in [5.41, 5.74) is 0.674. The minimum atomic E-state index is -0.891. The molecule has 0 aromatic heterocycles. The summed E-state index contributed by atoms with van der Waals surface area (Å²) < 4.78 is 23.9. The van der Waals surface area contributed by atoms with E-state index in [9.17, 15) is 9.59 Å². The van der Waals surface area contributed by atoms with Crippen LogP contribution in [0.1, 0.15) is 31.4 Å². The topological polar surface area (TPSA) is 74.3 Å². The van der Waals surface area contributed by atoms with Gasteiger partial charge in [-0.05, 0) is 50.2 Å². The Morgan fingerprint density at radius 3 is 2.72 bits per heavy atom. The van der Waals surface area contributed by atoms with Crippen molar-refractivity contribution in [1.82, 2.24) is 4.90 Å². The molecule has 2 aliphatic heterocycles. The molecule has 1 saturated heterocycles. The third-order valence-corrected chi connectivity index (χ3v) is 7.05. The van der Waals surface area contributed by atoms with Gasteiger partial charge in [0.2, 0.25) is 0 Å². The number of hydrogen-bond donors (Lipinski definition) is 0. The Labute approximate surface area is 169 Å². The number of benzene rings is 1. The molecular formula is C22H25NO6. The lowest BCUT2D eigenvalue weighted by Crippen LogP contribution is -2.76. The van der Waals surface area contributed by atoms with Gasteiger partial charge in [0.25, 0.3) is 0 Å². The largest absolute Gasteiger partial charge is 0.493 e. The molecule has 1 spiro atoms. The summed E-state index contributed by atoms with van der Waals surface area (Å²) in [4.78, 5) is 26.4. The van der Waals surface area contributed by atoms with Crippen LogP contribution in [0, 0.1) is 0 Å². The lowest BCUT2D eigenvalue weighted by Gasteiger charge is -2.62. The molecule has 154 valence electrons. The maximum Gasteiger partial charge on any atom is 0.303 e. The standard InChI is InChI=1S/C22H25NO6/c1-12(24)27-16-7-8-22(29-13(2)25)17-11-14-5-6-15(26-4)19-18(14)21(22,20(16)28-19)9-10-23(17)3/h5-8,16-17,20H,9-11H2,1-4H3/t16-,17+,20-,21-,22?/m0/s1. The molecule has 1 fully saturated rings. The van der Waals surface area contributed by atoms with Gasteiger partial charge in [-0.15, -0.1) is 0 Å². The molecular weight excluding hydrogens is 374 g/mol. The third kappa shape index (κ3) is 2.16. The number of rotatable bonds is 3. The van der Waals surface area contributed by atoms with E-state index in [1.54, 1.807) is 7.11 Å². The van der Waals surface area contributed by atoms with Gasteiger partial charge in [0.05, 0.1) is 18.6 Å². The fourth-order valence-electron chi connectivity index (χ4n) is 6.11. The number of methoxy groups -OCH3 is 1. The molecule has 7 heteroatoms. The van der Waals surface area contributed by atoms with Crippen molar-refractivity contribution in [2.24, 2.45) is 0 Å². The highest BCUT2D eigenvalue weighted by Gasteiger charge is 2.74. The molecule has 0 N–H and O–H groups in total. The SMILES string of the molecule is COc1ccc2c3c1O[C@H]1[C@@H](OC(C)=O)C=CC4(OC(C)=O)[C@@H](C2)N(C)CC[C@]314. The lowest BCUT2D eigenvalue weighted by atomic mass is 9.50. The minimum absolute atomic E-state index is 0.0346. The Bertz CT molecular complexity index is 941. The Hall–Kier alpha value is -2.54. The van der Waals surface area contributed by atoms with Gasteiger partial charge in [0.15, 0.2) is 29.3 Å². The highest BCUT2D eigenvalue weighted by Crippen LogP contribution is 2.65. The van der Waals surface area contributed by atoms with Crippen molar-refractivity contribution in [1.29, 1.82) is 0 Å². The van der Waals surface area contributed by atoms with Crippen molar-refractivity contribution in [3.8, 4) is 11.5 Å². The van der Waals surface area contributed by atoms with E-state index < -0.39 is 23.2 Å². The van der Waals surface area contributed by atoms with E-state index in [0.29, 0.717) is 17.9 Å². The zero-order valence-corrected chi connectivity index (χ0v) is 17.1. The molecule has 2 bridgehead atoms. The summed E-state index contributed by atoms with van der Waals surface area (Å²) in [6.45, 7) is 3.66. The minimum Gasteiger partial charge on any atom is -0.493 e. The Morgan fingerprint density at radius 1 is 1.24 bits per heavy atom. The van der Waals surface area contributed by atoms with Gasteiger partial charge >= 0.3 is 11.9 Å². The van der Waals surface area contributed by atoms with E-state index in [0.717, 1.165) is 18.5 Å². The first-order valence-electron chi connectivity index (χ1n) is 9.97. The number of carbonyl (C=O) groups excluding carboxylic acids is 2. The molecule has 2 heterocycles. The molecule has 0 radical (unpaired) electrons. The van der Waals surface area contributed by atoms with Crippen molar-refractivity contribution in [3.05, 3.63) is 35.4 Å². The van der Waals surface area contributed by atoms with Crippen LogP contribution < -0.4 is 9.47 Å². The van der Waals surface area contributed by atoms with Gasteiger partial charge in [0.1, 0.15) is 0 Å². The van der Waals surface area contributed by atoms with Crippen LogP contribution in [0.4, 0.5) is 0 Å². The van der Waals surface area contributed by atoms with Crippen molar-refractivity contribution in [2.45, 2.75) is 56.0 Å². The maximum atomic E-state index is 12.3. The number of hydrogen-bond acceptors (Lipinski definition) is 7. The third-order valence-electron chi connectivity index (χ3n) is 7.05. The fraction of sp³-hybridized carbons (Fsp3) is 0.545. The first-order chi connectivity index (χ1) is 13.8. The fourth-order valence-corrected chi connectivity index (χ4v) is 6.11. The van der Waals surface area contributed by atoms with Gasteiger partial charge in [-0.2, -0.15) is 0 Å². The quantitative estimate of drug-likeness (QED) is 0.566. The van der Waals surface area contributed by atoms with Crippen LogP contribution in [0.2, 0.25) is 0 Å². The molecule has 0 saturated carbocycles. The highest BCUT2D eigenvalue weighted by molar-refractivity contribution is 5.71. The molecule has 1 aromatic carbocycles. The van der Waals surface area contributed by atoms with E-state index in [4.69, 9.17) is 18.9 Å². The van der Waals surface area contributed by atoms with Crippen molar-refractivity contribution in [3.63, 3.8) is 0 Å². The van der Waals surface area contributed by atoms with E-state index in [2.05, 4.69) is 18.0 Å². The van der Waals surface area contributed by atoms with Crippen LogP contribution in [0.5, 0.6) is 11.5 Å². The molecule has 5 rings (SSSR count). The van der Waals surface area contributed by atoms with Gasteiger partial charge < -0.3 is 18.9 Å². The van der Waals surface area contributed by atoms with Crippen LogP contribution in [0.15, 0.2) is 24.3 Å². The Balaban J connectivity index is 1.82. The highest BCUT2D eigenvalue weighted by atomic mass is 16.6. The second-order valence-electron chi connectivity index (χ2n) is 8.41. The molecule has 29 heavy (non-hydrogen) atoms. The summed E-state index contributed by atoms with van der Waals surface area (Å²) in [6.07, 6.45) is 4.16. The van der Waals surface area contributed by atoms with Crippen LogP contribution in [0.3, 0.4) is 0 Å². The number of piperidine rings is 1. The van der Waals surface area contributed by atoms with Crippen molar-refractivity contribution >= 4 is 11.9 Å². The second kappa shape index (κ2) is 5.98. The number of likely N-dealkylation sites (tertiary alicyclic amines) is 1. The molecule has 5 atom stereocenters.